The van der Waals surface area contributed by atoms with Crippen LogP contribution in [0.15, 0.2) is 18.2 Å². The van der Waals surface area contributed by atoms with Crippen molar-refractivity contribution in [1.29, 1.82) is 0 Å². The van der Waals surface area contributed by atoms with Crippen LogP contribution in [0.3, 0.4) is 0 Å². The van der Waals surface area contributed by atoms with Gasteiger partial charge in [-0.2, -0.15) is 4.39 Å². The molecule has 1 aromatic carbocycles. The van der Waals surface area contributed by atoms with E-state index in [1.165, 1.54) is 0 Å². The second-order valence-electron chi connectivity index (χ2n) is 7.23. The fourth-order valence-corrected chi connectivity index (χ4v) is 3.15. The van der Waals surface area contributed by atoms with Crippen LogP contribution in [0.4, 0.5) is 4.39 Å². The summed E-state index contributed by atoms with van der Waals surface area (Å²) in [5, 5.41) is 6.70. The van der Waals surface area contributed by atoms with Crippen LogP contribution in [-0.4, -0.2) is 28.5 Å². The summed E-state index contributed by atoms with van der Waals surface area (Å²) in [7, 11) is -0.488. The number of fused-ring (bicyclic) bond motifs is 1. The van der Waals surface area contributed by atoms with Gasteiger partial charge in [0.2, 0.25) is 5.95 Å². The standard InChI is InChI=1S/C16H22BFN2O2/c1-10(2)9-16(5)15(3,4)21-17(22-16)11-6-7-13-12(8-11)14(18)20-19-13/h6-8,10H,9H2,1-5H3,(H,19,20). The number of H-pyrrole nitrogens is 1. The van der Waals surface area contributed by atoms with Crippen LogP contribution in [0.1, 0.15) is 41.0 Å². The minimum Gasteiger partial charge on any atom is -0.399 e. The summed E-state index contributed by atoms with van der Waals surface area (Å²) in [5.41, 5.74) is 0.693. The molecule has 1 aromatic heterocycles. The van der Waals surface area contributed by atoms with Crippen molar-refractivity contribution in [2.45, 2.75) is 52.2 Å². The van der Waals surface area contributed by atoms with Crippen molar-refractivity contribution >= 4 is 23.5 Å². The first-order valence-electron chi connectivity index (χ1n) is 7.71. The Labute approximate surface area is 130 Å². The molecule has 0 amide bonds. The third kappa shape index (κ3) is 2.44. The van der Waals surface area contributed by atoms with Gasteiger partial charge in [-0.25, -0.2) is 0 Å². The Balaban J connectivity index is 1.93. The zero-order valence-corrected chi connectivity index (χ0v) is 13.7. The van der Waals surface area contributed by atoms with Crippen molar-refractivity contribution in [3.8, 4) is 0 Å². The highest BCUT2D eigenvalue weighted by molar-refractivity contribution is 6.62. The number of nitrogens with one attached hydrogen (secondary N) is 1. The summed E-state index contributed by atoms with van der Waals surface area (Å²) < 4.78 is 26.1. The first kappa shape index (κ1) is 15.5. The van der Waals surface area contributed by atoms with Gasteiger partial charge in [-0.15, -0.1) is 5.10 Å². The number of hydrogen-bond acceptors (Lipinski definition) is 3. The van der Waals surface area contributed by atoms with Crippen LogP contribution >= 0.6 is 0 Å². The molecule has 1 fully saturated rings. The minimum absolute atomic E-state index is 0.379. The number of hydrogen-bond donors (Lipinski definition) is 1. The molecular weight excluding hydrogens is 282 g/mol. The maximum Gasteiger partial charge on any atom is 0.494 e. The van der Waals surface area contributed by atoms with Crippen LogP contribution in [0.5, 0.6) is 0 Å². The Bertz CT molecular complexity index is 701. The summed E-state index contributed by atoms with van der Waals surface area (Å²) in [6, 6.07) is 5.44. The quantitative estimate of drug-likeness (QED) is 0.887. The summed E-state index contributed by atoms with van der Waals surface area (Å²) in [4.78, 5) is 0. The summed E-state index contributed by atoms with van der Waals surface area (Å²) in [6.45, 7) is 10.5. The number of benzene rings is 1. The predicted octanol–water partition coefficient (Wildman–Crippen LogP) is 3.03. The van der Waals surface area contributed by atoms with E-state index in [0.717, 1.165) is 11.9 Å². The number of halogens is 1. The molecule has 1 unspecified atom stereocenters. The summed E-state index contributed by atoms with van der Waals surface area (Å²) >= 11 is 0. The van der Waals surface area contributed by atoms with Gasteiger partial charge in [0.1, 0.15) is 0 Å². The molecule has 0 bridgehead atoms. The van der Waals surface area contributed by atoms with Crippen molar-refractivity contribution in [3.05, 3.63) is 24.1 Å². The lowest BCUT2D eigenvalue weighted by atomic mass is 9.78. The van der Waals surface area contributed by atoms with Crippen LogP contribution in [0.25, 0.3) is 10.9 Å². The average molecular weight is 304 g/mol. The first-order chi connectivity index (χ1) is 10.2. The zero-order chi connectivity index (χ0) is 16.1. The van der Waals surface area contributed by atoms with Crippen molar-refractivity contribution in [2.24, 2.45) is 5.92 Å². The SMILES string of the molecule is CC(C)CC1(C)OB(c2ccc3[nH]nc(F)c3c2)OC1(C)C. The van der Waals surface area contributed by atoms with Gasteiger partial charge in [-0.1, -0.05) is 19.9 Å². The molecule has 0 aliphatic carbocycles. The van der Waals surface area contributed by atoms with E-state index in [1.807, 2.05) is 19.9 Å². The molecule has 1 saturated heterocycles. The fraction of sp³-hybridized carbons (Fsp3) is 0.562. The summed E-state index contributed by atoms with van der Waals surface area (Å²) in [6.07, 6.45) is 0.902. The zero-order valence-electron chi connectivity index (χ0n) is 13.7. The average Bonchev–Trinajstić information content (AvgIpc) is 2.88. The predicted molar refractivity (Wildman–Crippen MR) is 85.5 cm³/mol. The number of aromatic nitrogens is 2. The Morgan fingerprint density at radius 2 is 2.00 bits per heavy atom. The molecule has 2 aromatic rings. The molecule has 118 valence electrons. The summed E-state index contributed by atoms with van der Waals surface area (Å²) in [5.74, 6) is -0.000488. The molecule has 1 N–H and O–H groups in total. The molecule has 6 heteroatoms. The number of rotatable bonds is 3. The normalized spacial score (nSPS) is 24.6. The van der Waals surface area contributed by atoms with Crippen LogP contribution in [0.2, 0.25) is 0 Å². The molecule has 4 nitrogen and oxygen atoms in total. The molecule has 0 spiro atoms. The second kappa shape index (κ2) is 5.06. The second-order valence-corrected chi connectivity index (χ2v) is 7.23. The molecule has 3 rings (SSSR count). The smallest absolute Gasteiger partial charge is 0.399 e. The van der Waals surface area contributed by atoms with E-state index < -0.39 is 18.7 Å². The van der Waals surface area contributed by atoms with Crippen LogP contribution < -0.4 is 5.46 Å². The lowest BCUT2D eigenvalue weighted by molar-refractivity contribution is -0.0239. The topological polar surface area (TPSA) is 47.1 Å². The van der Waals surface area contributed by atoms with Crippen molar-refractivity contribution in [1.82, 2.24) is 10.2 Å². The molecule has 0 radical (unpaired) electrons. The highest BCUT2D eigenvalue weighted by Gasteiger charge is 2.54. The molecule has 22 heavy (non-hydrogen) atoms. The molecule has 2 heterocycles. The van der Waals surface area contributed by atoms with Gasteiger partial charge in [0.05, 0.1) is 22.1 Å². The Kier molecular flexibility index (Phi) is 3.57. The van der Waals surface area contributed by atoms with E-state index in [2.05, 4.69) is 31.0 Å². The van der Waals surface area contributed by atoms with E-state index >= 15 is 0 Å². The molecule has 1 atom stereocenters. The highest BCUT2D eigenvalue weighted by Crippen LogP contribution is 2.41. The Morgan fingerprint density at radius 3 is 2.68 bits per heavy atom. The van der Waals surface area contributed by atoms with Crippen molar-refractivity contribution < 1.29 is 13.7 Å². The van der Waals surface area contributed by atoms with Crippen molar-refractivity contribution in [2.75, 3.05) is 0 Å². The van der Waals surface area contributed by atoms with E-state index in [-0.39, 0.29) is 5.60 Å². The van der Waals surface area contributed by atoms with E-state index in [1.54, 1.807) is 12.1 Å². The monoisotopic (exact) mass is 304 g/mol. The van der Waals surface area contributed by atoms with E-state index in [4.69, 9.17) is 9.31 Å². The maximum absolute atomic E-state index is 13.7. The van der Waals surface area contributed by atoms with Gasteiger partial charge in [0.15, 0.2) is 0 Å². The van der Waals surface area contributed by atoms with Gasteiger partial charge >= 0.3 is 7.12 Å². The Morgan fingerprint density at radius 1 is 1.27 bits per heavy atom. The first-order valence-corrected chi connectivity index (χ1v) is 7.71. The maximum atomic E-state index is 13.7. The van der Waals surface area contributed by atoms with Gasteiger partial charge in [-0.05, 0) is 50.7 Å². The highest BCUT2D eigenvalue weighted by atomic mass is 19.1. The van der Waals surface area contributed by atoms with Gasteiger partial charge < -0.3 is 9.31 Å². The third-order valence-corrected chi connectivity index (χ3v) is 4.65. The van der Waals surface area contributed by atoms with Crippen LogP contribution in [0, 0.1) is 11.9 Å². The van der Waals surface area contributed by atoms with Gasteiger partial charge in [-0.3, -0.25) is 5.10 Å². The largest absolute Gasteiger partial charge is 0.494 e. The third-order valence-electron chi connectivity index (χ3n) is 4.65. The molecule has 1 aliphatic rings. The lowest BCUT2D eigenvalue weighted by Gasteiger charge is -2.37. The van der Waals surface area contributed by atoms with Crippen LogP contribution in [-0.2, 0) is 9.31 Å². The van der Waals surface area contributed by atoms with E-state index in [9.17, 15) is 4.39 Å². The molecule has 1 aliphatic heterocycles. The fourth-order valence-electron chi connectivity index (χ4n) is 3.15. The Hall–Kier alpha value is -1.40. The van der Waals surface area contributed by atoms with E-state index in [0.29, 0.717) is 16.8 Å². The van der Waals surface area contributed by atoms with Gasteiger partial charge in [0.25, 0.3) is 0 Å². The molecular formula is C16H22BFN2O2. The minimum atomic E-state index is -0.501. The number of nitrogens with zero attached hydrogens (tertiary/aromatic N) is 1. The van der Waals surface area contributed by atoms with Crippen molar-refractivity contribution in [3.63, 3.8) is 0 Å². The lowest BCUT2D eigenvalue weighted by Crippen LogP contribution is -2.45. The molecule has 0 saturated carbocycles. The van der Waals surface area contributed by atoms with Gasteiger partial charge in [0, 0.05) is 0 Å². The number of aromatic amines is 1.